The fraction of sp³-hybridized carbons (Fsp3) is 0.364. The predicted molar refractivity (Wildman–Crippen MR) is 98.6 cm³/mol. The molecule has 1 atom stereocenters. The van der Waals surface area contributed by atoms with Crippen LogP contribution >= 0.6 is 0 Å². The minimum absolute atomic E-state index is 0.00114. The lowest BCUT2D eigenvalue weighted by molar-refractivity contribution is -0.150. The highest BCUT2D eigenvalue weighted by Gasteiger charge is 2.47. The van der Waals surface area contributed by atoms with Crippen LogP contribution in [0, 0.1) is 11.2 Å². The second-order valence-electron chi connectivity index (χ2n) is 7.72. The van der Waals surface area contributed by atoms with Crippen molar-refractivity contribution in [3.63, 3.8) is 0 Å². The number of hydrogen-bond acceptors (Lipinski definition) is 2. The smallest absolute Gasteiger partial charge is 0.312 e. The van der Waals surface area contributed by atoms with Gasteiger partial charge in [-0.1, -0.05) is 42.8 Å². The van der Waals surface area contributed by atoms with Crippen LogP contribution in [0.1, 0.15) is 41.9 Å². The number of nitrogens with zero attached hydrogens (tertiary/aromatic N) is 1. The summed E-state index contributed by atoms with van der Waals surface area (Å²) in [6, 6.07) is 13.8. The normalized spacial score (nSPS) is 20.5. The first-order valence-electron chi connectivity index (χ1n) is 9.33. The Kier molecular flexibility index (Phi) is 4.46. The Hall–Kier alpha value is -2.69. The van der Waals surface area contributed by atoms with Crippen molar-refractivity contribution in [2.45, 2.75) is 38.1 Å². The third-order valence-corrected chi connectivity index (χ3v) is 5.98. The van der Waals surface area contributed by atoms with Crippen LogP contribution in [-0.2, 0) is 22.6 Å². The molecule has 4 nitrogen and oxygen atoms in total. The van der Waals surface area contributed by atoms with E-state index in [0.717, 1.165) is 36.0 Å². The summed E-state index contributed by atoms with van der Waals surface area (Å²) >= 11 is 0. The van der Waals surface area contributed by atoms with E-state index in [9.17, 15) is 19.1 Å². The molecule has 0 spiro atoms. The van der Waals surface area contributed by atoms with Gasteiger partial charge in [-0.05, 0) is 48.1 Å². The van der Waals surface area contributed by atoms with E-state index in [1.807, 2.05) is 30.3 Å². The molecule has 0 bridgehead atoms. The first-order chi connectivity index (χ1) is 13.0. The van der Waals surface area contributed by atoms with Gasteiger partial charge in [-0.3, -0.25) is 9.59 Å². The third-order valence-electron chi connectivity index (χ3n) is 5.98. The number of halogens is 1. The Balaban J connectivity index is 1.60. The van der Waals surface area contributed by atoms with Gasteiger partial charge < -0.3 is 10.0 Å². The second kappa shape index (κ2) is 6.80. The first-order valence-corrected chi connectivity index (χ1v) is 9.33. The molecule has 2 aliphatic rings. The van der Waals surface area contributed by atoms with Gasteiger partial charge in [-0.25, -0.2) is 4.39 Å². The number of rotatable bonds is 4. The Labute approximate surface area is 157 Å². The molecule has 27 heavy (non-hydrogen) atoms. The summed E-state index contributed by atoms with van der Waals surface area (Å²) in [7, 11) is 0. The maximum atomic E-state index is 13.6. The summed E-state index contributed by atoms with van der Waals surface area (Å²) in [5, 5.41) is 9.64. The zero-order chi connectivity index (χ0) is 19.0. The lowest BCUT2D eigenvalue weighted by atomic mass is 9.64. The minimum Gasteiger partial charge on any atom is -0.481 e. The van der Waals surface area contributed by atoms with Crippen LogP contribution < -0.4 is 0 Å². The molecule has 0 saturated heterocycles. The molecule has 1 aliphatic carbocycles. The standard InChI is InChI=1S/C22H22FNO3/c23-17-7-3-5-15(11-17)12-22(9-4-10-22)21(27)24-13-16-6-1-2-8-18(16)19(14-24)20(25)26/h1-3,5-8,11,19H,4,9-10,12-14H2,(H,25,26). The largest absolute Gasteiger partial charge is 0.481 e. The number of carbonyl (C=O) groups is 2. The van der Waals surface area contributed by atoms with Crippen molar-refractivity contribution >= 4 is 11.9 Å². The molecule has 5 heteroatoms. The molecule has 1 heterocycles. The van der Waals surface area contributed by atoms with Gasteiger partial charge in [0.15, 0.2) is 0 Å². The van der Waals surface area contributed by atoms with Crippen molar-refractivity contribution < 1.29 is 19.1 Å². The Morgan fingerprint density at radius 3 is 2.59 bits per heavy atom. The third kappa shape index (κ3) is 3.22. The Morgan fingerprint density at radius 1 is 1.15 bits per heavy atom. The van der Waals surface area contributed by atoms with Crippen LogP contribution in [0.5, 0.6) is 0 Å². The molecule has 4 rings (SSSR count). The molecule has 0 radical (unpaired) electrons. The summed E-state index contributed by atoms with van der Waals surface area (Å²) in [6.45, 7) is 0.625. The van der Waals surface area contributed by atoms with Gasteiger partial charge >= 0.3 is 5.97 Å². The number of fused-ring (bicyclic) bond motifs is 1. The highest BCUT2D eigenvalue weighted by molar-refractivity contribution is 5.86. The fourth-order valence-electron chi connectivity index (χ4n) is 4.42. The zero-order valence-electron chi connectivity index (χ0n) is 15.0. The van der Waals surface area contributed by atoms with Crippen LogP contribution in [0.4, 0.5) is 4.39 Å². The van der Waals surface area contributed by atoms with Gasteiger partial charge in [0.05, 0.1) is 11.3 Å². The summed E-state index contributed by atoms with van der Waals surface area (Å²) in [6.07, 6.45) is 2.99. The highest BCUT2D eigenvalue weighted by Crippen LogP contribution is 2.46. The van der Waals surface area contributed by atoms with Crippen molar-refractivity contribution in [1.82, 2.24) is 4.90 Å². The van der Waals surface area contributed by atoms with E-state index in [2.05, 4.69) is 0 Å². The van der Waals surface area contributed by atoms with Gasteiger partial charge in [0.25, 0.3) is 0 Å². The fourth-order valence-corrected chi connectivity index (χ4v) is 4.42. The number of carboxylic acids is 1. The summed E-state index contributed by atoms with van der Waals surface area (Å²) in [4.78, 5) is 26.9. The van der Waals surface area contributed by atoms with Gasteiger partial charge in [-0.15, -0.1) is 0 Å². The van der Waals surface area contributed by atoms with Crippen molar-refractivity contribution in [1.29, 1.82) is 0 Å². The molecule has 1 aliphatic heterocycles. The number of benzene rings is 2. The summed E-state index contributed by atoms with van der Waals surface area (Å²) in [5.41, 5.74) is 1.96. The number of carboxylic acid groups (broad SMARTS) is 1. The van der Waals surface area contributed by atoms with Crippen molar-refractivity contribution in [2.24, 2.45) is 5.41 Å². The number of amides is 1. The van der Waals surface area contributed by atoms with Gasteiger partial charge in [0.2, 0.25) is 5.91 Å². The Morgan fingerprint density at radius 2 is 1.93 bits per heavy atom. The topological polar surface area (TPSA) is 57.6 Å². The van der Waals surface area contributed by atoms with E-state index >= 15 is 0 Å². The molecule has 1 unspecified atom stereocenters. The van der Waals surface area contributed by atoms with Crippen LogP contribution in [0.15, 0.2) is 48.5 Å². The van der Waals surface area contributed by atoms with Crippen molar-refractivity contribution in [3.8, 4) is 0 Å². The molecule has 1 saturated carbocycles. The molecule has 2 aromatic rings. The first kappa shape index (κ1) is 17.7. The predicted octanol–water partition coefficient (Wildman–Crippen LogP) is 3.75. The van der Waals surface area contributed by atoms with Gasteiger partial charge in [0.1, 0.15) is 5.82 Å². The van der Waals surface area contributed by atoms with Crippen LogP contribution in [0.2, 0.25) is 0 Å². The van der Waals surface area contributed by atoms with Gasteiger partial charge in [-0.2, -0.15) is 0 Å². The lowest BCUT2D eigenvalue weighted by Gasteiger charge is -2.45. The van der Waals surface area contributed by atoms with Crippen molar-refractivity contribution in [2.75, 3.05) is 6.54 Å². The van der Waals surface area contributed by atoms with Crippen LogP contribution in [0.25, 0.3) is 0 Å². The second-order valence-corrected chi connectivity index (χ2v) is 7.72. The van der Waals surface area contributed by atoms with Crippen LogP contribution in [-0.4, -0.2) is 28.4 Å². The molecule has 2 aromatic carbocycles. The van der Waals surface area contributed by atoms with E-state index in [0.29, 0.717) is 13.0 Å². The lowest BCUT2D eigenvalue weighted by Crippen LogP contribution is -2.51. The minimum atomic E-state index is -0.910. The monoisotopic (exact) mass is 367 g/mol. The summed E-state index contributed by atoms with van der Waals surface area (Å²) in [5.74, 6) is -1.91. The molecular formula is C22H22FNO3. The number of hydrogen-bond donors (Lipinski definition) is 1. The average molecular weight is 367 g/mol. The Bertz CT molecular complexity index is 891. The van der Waals surface area contributed by atoms with Crippen LogP contribution in [0.3, 0.4) is 0 Å². The average Bonchev–Trinajstić information content (AvgIpc) is 2.63. The molecule has 1 amide bonds. The number of aliphatic carboxylic acids is 1. The molecule has 0 aromatic heterocycles. The molecular weight excluding hydrogens is 345 g/mol. The quantitative estimate of drug-likeness (QED) is 0.895. The maximum absolute atomic E-state index is 13.6. The van der Waals surface area contributed by atoms with E-state index in [-0.39, 0.29) is 18.3 Å². The highest BCUT2D eigenvalue weighted by atomic mass is 19.1. The molecule has 140 valence electrons. The van der Waals surface area contributed by atoms with E-state index in [1.54, 1.807) is 11.0 Å². The van der Waals surface area contributed by atoms with Crippen molar-refractivity contribution in [3.05, 3.63) is 71.0 Å². The maximum Gasteiger partial charge on any atom is 0.312 e. The van der Waals surface area contributed by atoms with E-state index in [4.69, 9.17) is 0 Å². The summed E-state index contributed by atoms with van der Waals surface area (Å²) < 4.78 is 13.6. The zero-order valence-corrected chi connectivity index (χ0v) is 15.0. The van der Waals surface area contributed by atoms with Gasteiger partial charge in [0, 0.05) is 13.1 Å². The molecule has 1 fully saturated rings. The van der Waals surface area contributed by atoms with E-state index < -0.39 is 17.3 Å². The number of carbonyl (C=O) groups excluding carboxylic acids is 1. The van der Waals surface area contributed by atoms with E-state index in [1.165, 1.54) is 12.1 Å². The molecule has 1 N–H and O–H groups in total. The SMILES string of the molecule is O=C(O)C1CN(C(=O)C2(Cc3cccc(F)c3)CCC2)Cc2ccccc21.